The number of rotatable bonds is 6. The SMILES string of the molecule is CCCN(CC(=O)O)C(C)c1ccc2ccccc2c1. The predicted molar refractivity (Wildman–Crippen MR) is 81.9 cm³/mol. The van der Waals surface area contributed by atoms with E-state index < -0.39 is 5.97 Å². The van der Waals surface area contributed by atoms with E-state index in [1.807, 2.05) is 17.0 Å². The number of hydrogen-bond acceptors (Lipinski definition) is 2. The van der Waals surface area contributed by atoms with Crippen LogP contribution in [0.1, 0.15) is 31.9 Å². The lowest BCUT2D eigenvalue weighted by Gasteiger charge is -2.27. The fraction of sp³-hybridized carbons (Fsp3) is 0.353. The first-order valence-electron chi connectivity index (χ1n) is 7.06. The fourth-order valence-electron chi connectivity index (χ4n) is 2.55. The third-order valence-electron chi connectivity index (χ3n) is 3.65. The van der Waals surface area contributed by atoms with E-state index in [1.165, 1.54) is 16.3 Å². The number of carbonyl (C=O) groups is 1. The van der Waals surface area contributed by atoms with Crippen molar-refractivity contribution in [1.82, 2.24) is 4.90 Å². The predicted octanol–water partition coefficient (Wildman–Crippen LogP) is 3.70. The van der Waals surface area contributed by atoms with Crippen LogP contribution >= 0.6 is 0 Å². The Balaban J connectivity index is 2.27. The Morgan fingerprint density at radius 2 is 1.90 bits per heavy atom. The van der Waals surface area contributed by atoms with Crippen LogP contribution in [0.3, 0.4) is 0 Å². The van der Waals surface area contributed by atoms with Gasteiger partial charge in [0.1, 0.15) is 0 Å². The summed E-state index contributed by atoms with van der Waals surface area (Å²) in [4.78, 5) is 13.0. The Morgan fingerprint density at radius 3 is 2.55 bits per heavy atom. The third-order valence-corrected chi connectivity index (χ3v) is 3.65. The minimum atomic E-state index is -0.772. The average Bonchev–Trinajstić information content (AvgIpc) is 2.45. The van der Waals surface area contributed by atoms with Crippen molar-refractivity contribution < 1.29 is 9.90 Å². The smallest absolute Gasteiger partial charge is 0.317 e. The molecule has 3 heteroatoms. The van der Waals surface area contributed by atoms with Crippen molar-refractivity contribution in [1.29, 1.82) is 0 Å². The Labute approximate surface area is 119 Å². The lowest BCUT2D eigenvalue weighted by molar-refractivity contribution is -0.138. The first-order valence-corrected chi connectivity index (χ1v) is 7.06. The van der Waals surface area contributed by atoms with Crippen LogP contribution in [0.15, 0.2) is 42.5 Å². The van der Waals surface area contributed by atoms with Gasteiger partial charge in [0.05, 0.1) is 6.54 Å². The molecule has 0 aromatic heterocycles. The molecule has 0 spiro atoms. The molecule has 0 heterocycles. The topological polar surface area (TPSA) is 40.5 Å². The molecular formula is C17H21NO2. The molecule has 3 nitrogen and oxygen atoms in total. The van der Waals surface area contributed by atoms with Gasteiger partial charge in [-0.1, -0.05) is 43.3 Å². The highest BCUT2D eigenvalue weighted by molar-refractivity contribution is 5.83. The van der Waals surface area contributed by atoms with E-state index in [2.05, 4.69) is 44.2 Å². The first kappa shape index (κ1) is 14.5. The molecule has 0 radical (unpaired) electrons. The molecule has 0 bridgehead atoms. The minimum Gasteiger partial charge on any atom is -0.480 e. The zero-order valence-corrected chi connectivity index (χ0v) is 12.0. The second-order valence-corrected chi connectivity index (χ2v) is 5.15. The van der Waals surface area contributed by atoms with Gasteiger partial charge >= 0.3 is 5.97 Å². The highest BCUT2D eigenvalue weighted by Crippen LogP contribution is 2.24. The molecule has 0 aliphatic rings. The molecule has 0 aliphatic carbocycles. The summed E-state index contributed by atoms with van der Waals surface area (Å²) in [5, 5.41) is 11.4. The lowest BCUT2D eigenvalue weighted by atomic mass is 10.0. The number of fused-ring (bicyclic) bond motifs is 1. The number of hydrogen-bond donors (Lipinski definition) is 1. The van der Waals surface area contributed by atoms with Gasteiger partial charge in [-0.3, -0.25) is 9.69 Å². The van der Waals surface area contributed by atoms with Crippen LogP contribution in [0.5, 0.6) is 0 Å². The van der Waals surface area contributed by atoms with E-state index in [9.17, 15) is 4.79 Å². The highest BCUT2D eigenvalue weighted by Gasteiger charge is 2.17. The average molecular weight is 271 g/mol. The van der Waals surface area contributed by atoms with Crippen molar-refractivity contribution in [3.63, 3.8) is 0 Å². The molecule has 0 fully saturated rings. The maximum atomic E-state index is 11.0. The summed E-state index contributed by atoms with van der Waals surface area (Å²) in [6, 6.07) is 14.7. The summed E-state index contributed by atoms with van der Waals surface area (Å²) in [7, 11) is 0. The van der Waals surface area contributed by atoms with Gasteiger partial charge < -0.3 is 5.11 Å². The largest absolute Gasteiger partial charge is 0.480 e. The van der Waals surface area contributed by atoms with E-state index in [1.54, 1.807) is 0 Å². The van der Waals surface area contributed by atoms with Gasteiger partial charge in [-0.2, -0.15) is 0 Å². The molecule has 2 rings (SSSR count). The van der Waals surface area contributed by atoms with Crippen molar-refractivity contribution >= 4 is 16.7 Å². The van der Waals surface area contributed by atoms with Crippen LogP contribution in [0, 0.1) is 0 Å². The molecule has 1 atom stereocenters. The number of aliphatic carboxylic acids is 1. The standard InChI is InChI=1S/C17H21NO2/c1-3-10-18(12-17(19)20)13(2)15-9-8-14-6-4-5-7-16(14)11-15/h4-9,11,13H,3,10,12H2,1-2H3,(H,19,20). The van der Waals surface area contributed by atoms with Gasteiger partial charge in [-0.15, -0.1) is 0 Å². The zero-order valence-electron chi connectivity index (χ0n) is 12.0. The van der Waals surface area contributed by atoms with Crippen LogP contribution in [0.4, 0.5) is 0 Å². The molecule has 0 saturated carbocycles. The van der Waals surface area contributed by atoms with Gasteiger partial charge in [-0.05, 0) is 42.3 Å². The minimum absolute atomic E-state index is 0.0852. The van der Waals surface area contributed by atoms with E-state index in [4.69, 9.17) is 5.11 Å². The molecule has 0 aliphatic heterocycles. The fourth-order valence-corrected chi connectivity index (χ4v) is 2.55. The van der Waals surface area contributed by atoms with Crippen LogP contribution < -0.4 is 0 Å². The van der Waals surface area contributed by atoms with Gasteiger partial charge in [-0.25, -0.2) is 0 Å². The van der Waals surface area contributed by atoms with Crippen molar-refractivity contribution in [3.8, 4) is 0 Å². The van der Waals surface area contributed by atoms with E-state index in [-0.39, 0.29) is 12.6 Å². The summed E-state index contributed by atoms with van der Waals surface area (Å²) in [5.41, 5.74) is 1.17. The molecule has 2 aromatic rings. The summed E-state index contributed by atoms with van der Waals surface area (Å²) in [6.45, 7) is 5.02. The van der Waals surface area contributed by atoms with Crippen LogP contribution in [-0.2, 0) is 4.79 Å². The quantitative estimate of drug-likeness (QED) is 0.871. The van der Waals surface area contributed by atoms with Crippen molar-refractivity contribution in [2.75, 3.05) is 13.1 Å². The summed E-state index contributed by atoms with van der Waals surface area (Å²) >= 11 is 0. The molecule has 20 heavy (non-hydrogen) atoms. The molecule has 2 aromatic carbocycles. The Kier molecular flexibility index (Phi) is 4.74. The van der Waals surface area contributed by atoms with Gasteiger partial charge in [0, 0.05) is 6.04 Å². The Morgan fingerprint density at radius 1 is 1.20 bits per heavy atom. The van der Waals surface area contributed by atoms with Crippen LogP contribution in [-0.4, -0.2) is 29.1 Å². The maximum absolute atomic E-state index is 11.0. The van der Waals surface area contributed by atoms with Gasteiger partial charge in [0.2, 0.25) is 0 Å². The summed E-state index contributed by atoms with van der Waals surface area (Å²) in [5.74, 6) is -0.772. The van der Waals surface area contributed by atoms with Crippen LogP contribution in [0.2, 0.25) is 0 Å². The molecular weight excluding hydrogens is 250 g/mol. The summed E-state index contributed by atoms with van der Waals surface area (Å²) < 4.78 is 0. The number of benzene rings is 2. The van der Waals surface area contributed by atoms with E-state index in [0.29, 0.717) is 0 Å². The monoisotopic (exact) mass is 271 g/mol. The molecule has 0 amide bonds. The number of carboxylic acid groups (broad SMARTS) is 1. The Bertz CT molecular complexity index is 594. The lowest BCUT2D eigenvalue weighted by Crippen LogP contribution is -2.33. The number of nitrogens with zero attached hydrogens (tertiary/aromatic N) is 1. The van der Waals surface area contributed by atoms with Crippen molar-refractivity contribution in [3.05, 3.63) is 48.0 Å². The third kappa shape index (κ3) is 3.36. The second kappa shape index (κ2) is 6.53. The van der Waals surface area contributed by atoms with E-state index >= 15 is 0 Å². The number of carboxylic acids is 1. The normalized spacial score (nSPS) is 12.8. The summed E-state index contributed by atoms with van der Waals surface area (Å²) in [6.07, 6.45) is 0.950. The highest BCUT2D eigenvalue weighted by atomic mass is 16.4. The molecule has 1 N–H and O–H groups in total. The van der Waals surface area contributed by atoms with Crippen LogP contribution in [0.25, 0.3) is 10.8 Å². The first-order chi connectivity index (χ1) is 9.61. The van der Waals surface area contributed by atoms with Gasteiger partial charge in [0.15, 0.2) is 0 Å². The van der Waals surface area contributed by atoms with Crippen molar-refractivity contribution in [2.24, 2.45) is 0 Å². The van der Waals surface area contributed by atoms with Crippen molar-refractivity contribution in [2.45, 2.75) is 26.3 Å². The molecule has 106 valence electrons. The van der Waals surface area contributed by atoms with E-state index in [0.717, 1.165) is 13.0 Å². The second-order valence-electron chi connectivity index (χ2n) is 5.15. The van der Waals surface area contributed by atoms with Gasteiger partial charge in [0.25, 0.3) is 0 Å². The molecule has 1 unspecified atom stereocenters. The zero-order chi connectivity index (χ0) is 14.5. The molecule has 0 saturated heterocycles. The maximum Gasteiger partial charge on any atom is 0.317 e. The Hall–Kier alpha value is -1.87.